The van der Waals surface area contributed by atoms with Crippen LogP contribution in [0.15, 0.2) is 18.2 Å². The third-order valence-corrected chi connectivity index (χ3v) is 1.98. The average Bonchev–Trinajstić information content (AvgIpc) is 2.04. The van der Waals surface area contributed by atoms with E-state index in [2.05, 4.69) is 9.24 Å². The SMILES string of the molecule is O=C(O)c1cc([N+](=O)[O-])ccc1P. The molecule has 0 radical (unpaired) electrons. The molecule has 1 rings (SSSR count). The lowest BCUT2D eigenvalue weighted by atomic mass is 10.2. The monoisotopic (exact) mass is 199 g/mol. The smallest absolute Gasteiger partial charge is 0.336 e. The Hall–Kier alpha value is -1.48. The molecule has 0 aliphatic heterocycles. The van der Waals surface area contributed by atoms with E-state index >= 15 is 0 Å². The maximum absolute atomic E-state index is 10.6. The maximum atomic E-state index is 10.6. The Morgan fingerprint density at radius 3 is 2.62 bits per heavy atom. The summed E-state index contributed by atoms with van der Waals surface area (Å²) in [4.78, 5) is 20.2. The van der Waals surface area contributed by atoms with Crippen molar-refractivity contribution in [2.24, 2.45) is 0 Å². The molecular weight excluding hydrogens is 193 g/mol. The van der Waals surface area contributed by atoms with E-state index in [1.807, 2.05) is 0 Å². The van der Waals surface area contributed by atoms with Crippen molar-refractivity contribution < 1.29 is 14.8 Å². The van der Waals surface area contributed by atoms with Crippen LogP contribution in [0.5, 0.6) is 0 Å². The van der Waals surface area contributed by atoms with Crippen LogP contribution in [0.2, 0.25) is 0 Å². The number of carboxylic acids is 1. The molecule has 1 aromatic carbocycles. The van der Waals surface area contributed by atoms with Crippen LogP contribution in [-0.4, -0.2) is 16.0 Å². The van der Waals surface area contributed by atoms with Crippen LogP contribution in [0, 0.1) is 10.1 Å². The third kappa shape index (κ3) is 2.00. The summed E-state index contributed by atoms with van der Waals surface area (Å²) in [5.74, 6) is -1.17. The van der Waals surface area contributed by atoms with Crippen molar-refractivity contribution in [1.82, 2.24) is 0 Å². The molecule has 68 valence electrons. The predicted molar refractivity (Wildman–Crippen MR) is 49.4 cm³/mol. The summed E-state index contributed by atoms with van der Waals surface area (Å²) in [7, 11) is 2.21. The van der Waals surface area contributed by atoms with Crippen LogP contribution in [0.3, 0.4) is 0 Å². The molecule has 0 aliphatic rings. The van der Waals surface area contributed by atoms with Gasteiger partial charge in [0.05, 0.1) is 10.5 Å². The quantitative estimate of drug-likeness (QED) is 0.433. The third-order valence-electron chi connectivity index (χ3n) is 1.48. The van der Waals surface area contributed by atoms with E-state index in [9.17, 15) is 14.9 Å². The Morgan fingerprint density at radius 2 is 2.15 bits per heavy atom. The Morgan fingerprint density at radius 1 is 1.54 bits per heavy atom. The highest BCUT2D eigenvalue weighted by Gasteiger charge is 2.12. The summed E-state index contributed by atoms with van der Waals surface area (Å²) < 4.78 is 0. The zero-order chi connectivity index (χ0) is 10.0. The van der Waals surface area contributed by atoms with Gasteiger partial charge in [0.15, 0.2) is 0 Å². The molecule has 0 heterocycles. The van der Waals surface area contributed by atoms with Gasteiger partial charge in [-0.3, -0.25) is 10.1 Å². The lowest BCUT2D eigenvalue weighted by molar-refractivity contribution is -0.384. The second kappa shape index (κ2) is 3.49. The van der Waals surface area contributed by atoms with Gasteiger partial charge >= 0.3 is 5.97 Å². The van der Waals surface area contributed by atoms with E-state index < -0.39 is 10.9 Å². The van der Waals surface area contributed by atoms with Gasteiger partial charge in [-0.1, -0.05) is 0 Å². The van der Waals surface area contributed by atoms with Gasteiger partial charge in [0.25, 0.3) is 5.69 Å². The second-order valence-electron chi connectivity index (χ2n) is 2.33. The number of benzene rings is 1. The van der Waals surface area contributed by atoms with Crippen molar-refractivity contribution in [3.8, 4) is 0 Å². The molecule has 0 saturated heterocycles. The molecule has 0 fully saturated rings. The first-order chi connectivity index (χ1) is 6.02. The second-order valence-corrected chi connectivity index (χ2v) is 2.96. The molecule has 6 heteroatoms. The Balaban J connectivity index is 3.27. The van der Waals surface area contributed by atoms with Gasteiger partial charge in [0.1, 0.15) is 0 Å². The molecule has 0 aromatic heterocycles. The predicted octanol–water partition coefficient (Wildman–Crippen LogP) is 0.793. The van der Waals surface area contributed by atoms with E-state index in [0.29, 0.717) is 5.30 Å². The molecule has 0 aliphatic carbocycles. The zero-order valence-electron chi connectivity index (χ0n) is 6.43. The van der Waals surface area contributed by atoms with Gasteiger partial charge in [-0.25, -0.2) is 4.79 Å². The van der Waals surface area contributed by atoms with Crippen molar-refractivity contribution >= 4 is 26.2 Å². The molecule has 0 amide bonds. The summed E-state index contributed by atoms with van der Waals surface area (Å²) in [6.45, 7) is 0. The molecular formula is C7H6NO4P. The fourth-order valence-electron chi connectivity index (χ4n) is 0.843. The number of carboxylic acid groups (broad SMARTS) is 1. The van der Waals surface area contributed by atoms with Crippen molar-refractivity contribution in [1.29, 1.82) is 0 Å². The molecule has 0 saturated carbocycles. The highest BCUT2D eigenvalue weighted by Crippen LogP contribution is 2.13. The first kappa shape index (κ1) is 9.61. The maximum Gasteiger partial charge on any atom is 0.336 e. The fourth-order valence-corrected chi connectivity index (χ4v) is 1.15. The molecule has 1 unspecified atom stereocenters. The molecule has 1 atom stereocenters. The standard InChI is InChI=1S/C7H6NO4P/c9-7(10)5-3-4(8(11)12)1-2-6(5)13/h1-3H,13H2,(H,9,10). The largest absolute Gasteiger partial charge is 0.478 e. The minimum absolute atomic E-state index is 0.0702. The highest BCUT2D eigenvalue weighted by atomic mass is 31.0. The topological polar surface area (TPSA) is 80.4 Å². The molecule has 0 spiro atoms. The van der Waals surface area contributed by atoms with Crippen LogP contribution in [0.25, 0.3) is 0 Å². The normalized spacial score (nSPS) is 9.62. The van der Waals surface area contributed by atoms with Crippen LogP contribution in [-0.2, 0) is 0 Å². The lowest BCUT2D eigenvalue weighted by Gasteiger charge is -1.98. The number of nitro groups is 1. The van der Waals surface area contributed by atoms with Crippen LogP contribution >= 0.6 is 9.24 Å². The first-order valence-corrected chi connectivity index (χ1v) is 3.87. The molecule has 1 N–H and O–H groups in total. The molecule has 0 bridgehead atoms. The number of non-ortho nitro benzene ring substituents is 1. The number of carbonyl (C=O) groups is 1. The Bertz CT molecular complexity index is 377. The lowest BCUT2D eigenvalue weighted by Crippen LogP contribution is -2.09. The van der Waals surface area contributed by atoms with Crippen molar-refractivity contribution in [2.45, 2.75) is 0 Å². The molecule has 5 nitrogen and oxygen atoms in total. The number of nitro benzene ring substituents is 1. The van der Waals surface area contributed by atoms with E-state index in [1.54, 1.807) is 0 Å². The minimum Gasteiger partial charge on any atom is -0.478 e. The van der Waals surface area contributed by atoms with Gasteiger partial charge in [0.2, 0.25) is 0 Å². The van der Waals surface area contributed by atoms with Crippen LogP contribution in [0.1, 0.15) is 10.4 Å². The highest BCUT2D eigenvalue weighted by molar-refractivity contribution is 7.27. The number of hydrogen-bond acceptors (Lipinski definition) is 3. The fraction of sp³-hybridized carbons (Fsp3) is 0. The van der Waals surface area contributed by atoms with Gasteiger partial charge in [0, 0.05) is 12.1 Å². The van der Waals surface area contributed by atoms with Gasteiger partial charge in [-0.2, -0.15) is 0 Å². The summed E-state index contributed by atoms with van der Waals surface area (Å²) in [6, 6.07) is 3.67. The first-order valence-electron chi connectivity index (χ1n) is 3.29. The average molecular weight is 199 g/mol. The van der Waals surface area contributed by atoms with Crippen molar-refractivity contribution in [2.75, 3.05) is 0 Å². The van der Waals surface area contributed by atoms with E-state index in [4.69, 9.17) is 5.11 Å². The van der Waals surface area contributed by atoms with Crippen LogP contribution in [0.4, 0.5) is 5.69 Å². The van der Waals surface area contributed by atoms with E-state index in [-0.39, 0.29) is 11.3 Å². The number of nitrogens with zero attached hydrogens (tertiary/aromatic N) is 1. The molecule has 13 heavy (non-hydrogen) atoms. The molecule has 1 aromatic rings. The van der Waals surface area contributed by atoms with E-state index in [1.165, 1.54) is 12.1 Å². The van der Waals surface area contributed by atoms with E-state index in [0.717, 1.165) is 6.07 Å². The van der Waals surface area contributed by atoms with Gasteiger partial charge in [-0.05, 0) is 11.4 Å². The number of aromatic carboxylic acids is 1. The van der Waals surface area contributed by atoms with Crippen LogP contribution < -0.4 is 5.30 Å². The van der Waals surface area contributed by atoms with Crippen molar-refractivity contribution in [3.05, 3.63) is 33.9 Å². The minimum atomic E-state index is -1.17. The van der Waals surface area contributed by atoms with Gasteiger partial charge in [-0.15, -0.1) is 9.24 Å². The zero-order valence-corrected chi connectivity index (χ0v) is 7.58. The van der Waals surface area contributed by atoms with Gasteiger partial charge < -0.3 is 5.11 Å². The summed E-state index contributed by atoms with van der Waals surface area (Å²) in [5.41, 5.74) is -0.289. The summed E-state index contributed by atoms with van der Waals surface area (Å²) in [5, 5.41) is 19.4. The summed E-state index contributed by atoms with van der Waals surface area (Å²) in [6.07, 6.45) is 0. The summed E-state index contributed by atoms with van der Waals surface area (Å²) >= 11 is 0. The number of rotatable bonds is 2. The number of hydrogen-bond donors (Lipinski definition) is 1. The Labute approximate surface area is 75.7 Å². The Kier molecular flexibility index (Phi) is 2.58. The van der Waals surface area contributed by atoms with Crippen molar-refractivity contribution in [3.63, 3.8) is 0 Å².